The number of amides is 1. The van der Waals surface area contributed by atoms with E-state index >= 15 is 0 Å². The molecule has 3 nitrogen and oxygen atoms in total. The van der Waals surface area contributed by atoms with Gasteiger partial charge in [0.25, 0.3) is 5.91 Å². The molecule has 0 atom stereocenters. The molecule has 3 rings (SSSR count). The third-order valence-corrected chi connectivity index (χ3v) is 4.78. The number of carbonyl (C=O) groups excluding carboxylic acids is 1. The molecular formula is C17H9Cl2F3N2OS. The van der Waals surface area contributed by atoms with Crippen LogP contribution in [0, 0.1) is 0 Å². The normalized spacial score (nSPS) is 17.8. The highest BCUT2D eigenvalue weighted by atomic mass is 35.5. The fraction of sp³-hybridized carbons (Fsp3) is 0.0588. The Kier molecular flexibility index (Phi) is 5.32. The molecule has 1 saturated heterocycles. The summed E-state index contributed by atoms with van der Waals surface area (Å²) in [7, 11) is 0. The van der Waals surface area contributed by atoms with Crippen molar-refractivity contribution in [2.24, 2.45) is 4.99 Å². The van der Waals surface area contributed by atoms with E-state index in [0.29, 0.717) is 20.5 Å². The van der Waals surface area contributed by atoms with Gasteiger partial charge in [0, 0.05) is 10.0 Å². The van der Waals surface area contributed by atoms with Crippen molar-refractivity contribution in [3.8, 4) is 0 Å². The Labute approximate surface area is 160 Å². The second-order valence-electron chi connectivity index (χ2n) is 5.20. The van der Waals surface area contributed by atoms with Gasteiger partial charge in [-0.1, -0.05) is 35.3 Å². The van der Waals surface area contributed by atoms with Gasteiger partial charge in [0.15, 0.2) is 5.17 Å². The van der Waals surface area contributed by atoms with Gasteiger partial charge in [0.2, 0.25) is 0 Å². The molecule has 0 unspecified atom stereocenters. The van der Waals surface area contributed by atoms with Gasteiger partial charge in [-0.05, 0) is 53.7 Å². The lowest BCUT2D eigenvalue weighted by molar-refractivity contribution is -0.137. The lowest BCUT2D eigenvalue weighted by Crippen LogP contribution is -2.19. The number of hydrogen-bond acceptors (Lipinski definition) is 3. The fourth-order valence-electron chi connectivity index (χ4n) is 2.11. The van der Waals surface area contributed by atoms with E-state index in [9.17, 15) is 18.0 Å². The van der Waals surface area contributed by atoms with E-state index in [4.69, 9.17) is 23.2 Å². The molecule has 0 bridgehead atoms. The average molecular weight is 417 g/mol. The highest BCUT2D eigenvalue weighted by molar-refractivity contribution is 8.18. The minimum absolute atomic E-state index is 0.0911. The lowest BCUT2D eigenvalue weighted by atomic mass is 10.2. The van der Waals surface area contributed by atoms with Crippen molar-refractivity contribution in [3.63, 3.8) is 0 Å². The molecule has 1 N–H and O–H groups in total. The zero-order valence-electron chi connectivity index (χ0n) is 12.8. The van der Waals surface area contributed by atoms with Crippen LogP contribution in [0.25, 0.3) is 6.08 Å². The quantitative estimate of drug-likeness (QED) is 0.618. The van der Waals surface area contributed by atoms with Crippen LogP contribution in [0.3, 0.4) is 0 Å². The number of nitrogens with zero attached hydrogens (tertiary/aromatic N) is 1. The first kappa shape index (κ1) is 18.8. The van der Waals surface area contributed by atoms with Crippen molar-refractivity contribution < 1.29 is 18.0 Å². The van der Waals surface area contributed by atoms with Crippen LogP contribution in [0.5, 0.6) is 0 Å². The minimum Gasteiger partial charge on any atom is -0.300 e. The number of alkyl halides is 3. The highest BCUT2D eigenvalue weighted by Crippen LogP contribution is 2.33. The molecule has 0 spiro atoms. The van der Waals surface area contributed by atoms with Crippen LogP contribution in [0.4, 0.5) is 18.9 Å². The predicted molar refractivity (Wildman–Crippen MR) is 98.7 cm³/mol. The Balaban J connectivity index is 1.86. The number of carbonyl (C=O) groups is 1. The van der Waals surface area contributed by atoms with Crippen LogP contribution >= 0.6 is 35.0 Å². The molecule has 0 aliphatic carbocycles. The van der Waals surface area contributed by atoms with Crippen LogP contribution < -0.4 is 5.32 Å². The maximum atomic E-state index is 12.8. The summed E-state index contributed by atoms with van der Waals surface area (Å²) >= 11 is 12.9. The number of benzene rings is 2. The van der Waals surface area contributed by atoms with Gasteiger partial charge in [0.05, 0.1) is 16.2 Å². The number of nitrogens with one attached hydrogen (secondary N) is 1. The number of amidine groups is 1. The zero-order valence-corrected chi connectivity index (χ0v) is 15.1. The monoisotopic (exact) mass is 416 g/mol. The number of hydrogen-bond donors (Lipinski definition) is 1. The zero-order chi connectivity index (χ0) is 18.9. The van der Waals surface area contributed by atoms with E-state index in [2.05, 4.69) is 10.3 Å². The van der Waals surface area contributed by atoms with Gasteiger partial charge >= 0.3 is 6.18 Å². The summed E-state index contributed by atoms with van der Waals surface area (Å²) in [6.45, 7) is 0. The van der Waals surface area contributed by atoms with Gasteiger partial charge < -0.3 is 5.32 Å². The molecule has 2 aromatic rings. The molecule has 1 heterocycles. The molecule has 1 aliphatic rings. The standard InChI is InChI=1S/C17H9Cl2F3N2OS/c18-11-5-4-9(13(19)8-11)6-14-15(25)24-16(26-14)23-12-3-1-2-10(7-12)17(20,21)22/h1-8H,(H,23,24,25). The Morgan fingerprint density at radius 3 is 2.58 bits per heavy atom. The molecule has 1 fully saturated rings. The van der Waals surface area contributed by atoms with Gasteiger partial charge in [-0.3, -0.25) is 4.79 Å². The fourth-order valence-corrected chi connectivity index (χ4v) is 3.41. The number of rotatable bonds is 2. The summed E-state index contributed by atoms with van der Waals surface area (Å²) in [5, 5.41) is 3.54. The summed E-state index contributed by atoms with van der Waals surface area (Å²) in [6.07, 6.45) is -2.90. The SMILES string of the molecule is O=C1NC(=Nc2cccc(C(F)(F)F)c2)SC1=Cc1ccc(Cl)cc1Cl. The minimum atomic E-state index is -4.46. The summed E-state index contributed by atoms with van der Waals surface area (Å²) in [4.78, 5) is 16.4. The van der Waals surface area contributed by atoms with Crippen molar-refractivity contribution >= 4 is 57.8 Å². The topological polar surface area (TPSA) is 41.5 Å². The van der Waals surface area contributed by atoms with Crippen LogP contribution in [-0.2, 0) is 11.0 Å². The first-order chi connectivity index (χ1) is 12.2. The van der Waals surface area contributed by atoms with Crippen LogP contribution in [0.2, 0.25) is 10.0 Å². The molecule has 134 valence electrons. The average Bonchev–Trinajstić information content (AvgIpc) is 2.89. The van der Waals surface area contributed by atoms with E-state index in [-0.39, 0.29) is 10.9 Å². The molecule has 0 aromatic heterocycles. The Morgan fingerprint density at radius 2 is 1.88 bits per heavy atom. The van der Waals surface area contributed by atoms with Crippen LogP contribution in [0.15, 0.2) is 52.4 Å². The number of halogens is 5. The van der Waals surface area contributed by atoms with Crippen molar-refractivity contribution in [2.45, 2.75) is 6.18 Å². The summed E-state index contributed by atoms with van der Waals surface area (Å²) in [5.74, 6) is -0.410. The van der Waals surface area contributed by atoms with Gasteiger partial charge in [0.1, 0.15) is 0 Å². The largest absolute Gasteiger partial charge is 0.416 e. The molecule has 0 saturated carbocycles. The van der Waals surface area contributed by atoms with Crippen molar-refractivity contribution in [1.82, 2.24) is 5.32 Å². The Bertz CT molecular complexity index is 942. The van der Waals surface area contributed by atoms with Crippen molar-refractivity contribution in [1.29, 1.82) is 0 Å². The van der Waals surface area contributed by atoms with Gasteiger partial charge in [-0.25, -0.2) is 4.99 Å². The summed E-state index contributed by atoms with van der Waals surface area (Å²) < 4.78 is 38.3. The second-order valence-corrected chi connectivity index (χ2v) is 7.07. The molecule has 1 aliphatic heterocycles. The molecule has 2 aromatic carbocycles. The predicted octanol–water partition coefficient (Wildman–Crippen LogP) is 5.90. The van der Waals surface area contributed by atoms with E-state index in [0.717, 1.165) is 23.9 Å². The van der Waals surface area contributed by atoms with Crippen molar-refractivity contribution in [3.05, 3.63) is 68.5 Å². The molecule has 0 radical (unpaired) electrons. The first-order valence-electron chi connectivity index (χ1n) is 7.14. The summed E-state index contributed by atoms with van der Waals surface area (Å²) in [5.41, 5.74) is -0.125. The highest BCUT2D eigenvalue weighted by Gasteiger charge is 2.30. The van der Waals surface area contributed by atoms with Crippen LogP contribution in [0.1, 0.15) is 11.1 Å². The Morgan fingerprint density at radius 1 is 1.12 bits per heavy atom. The molecule has 1 amide bonds. The van der Waals surface area contributed by atoms with Crippen molar-refractivity contribution in [2.75, 3.05) is 0 Å². The Hall–Kier alpha value is -1.96. The number of thioether (sulfide) groups is 1. The van der Waals surface area contributed by atoms with E-state index in [1.54, 1.807) is 24.3 Å². The lowest BCUT2D eigenvalue weighted by Gasteiger charge is -2.06. The maximum Gasteiger partial charge on any atom is 0.416 e. The smallest absolute Gasteiger partial charge is 0.300 e. The van der Waals surface area contributed by atoms with Gasteiger partial charge in [-0.2, -0.15) is 13.2 Å². The second kappa shape index (κ2) is 7.34. The molecule has 9 heteroatoms. The van der Waals surface area contributed by atoms with E-state index < -0.39 is 17.6 Å². The molecular weight excluding hydrogens is 408 g/mol. The summed E-state index contributed by atoms with van der Waals surface area (Å²) in [6, 6.07) is 9.39. The van der Waals surface area contributed by atoms with E-state index in [1.165, 1.54) is 12.1 Å². The molecule has 26 heavy (non-hydrogen) atoms. The van der Waals surface area contributed by atoms with E-state index in [1.807, 2.05) is 0 Å². The number of aliphatic imine (C=N–C) groups is 1. The maximum absolute atomic E-state index is 12.8. The first-order valence-corrected chi connectivity index (χ1v) is 8.71. The van der Waals surface area contributed by atoms with Crippen LogP contribution in [-0.4, -0.2) is 11.1 Å². The third kappa shape index (κ3) is 4.41. The third-order valence-electron chi connectivity index (χ3n) is 3.30. The van der Waals surface area contributed by atoms with Gasteiger partial charge in [-0.15, -0.1) is 0 Å².